The van der Waals surface area contributed by atoms with Crippen LogP contribution in [-0.2, 0) is 11.8 Å². The van der Waals surface area contributed by atoms with Crippen LogP contribution in [0.4, 0.5) is 10.5 Å². The van der Waals surface area contributed by atoms with Gasteiger partial charge in [-0.05, 0) is 106 Å². The summed E-state index contributed by atoms with van der Waals surface area (Å²) in [5.41, 5.74) is 1.89. The standard InChI is InChI=1S/C39H50N2O6/c1-22(42)26-12-11-25(19-28(26)45-7)40-34(43)46-27-13-10-24-18-30-38-15-14-36(5,29(20-38)37(6,44)35(2,3)4)33-39(38,31(24)32(27)47-33)16-17-41(30)21-23-8-9-23/h10-13,19,23,29-30,33,44H,8-9,14-18,20-21H2,1-7H3,(H,40,43)/t29-,30+,33-,36+,37?,38+,39-/m0/s1. The number of aliphatic hydroxyl groups is 1. The lowest BCUT2D eigenvalue weighted by Gasteiger charge is -2.75. The van der Waals surface area contributed by atoms with Gasteiger partial charge in [0.15, 0.2) is 17.3 Å². The number of ketones is 1. The van der Waals surface area contributed by atoms with Gasteiger partial charge in [0, 0.05) is 46.1 Å². The van der Waals surface area contributed by atoms with Crippen molar-refractivity contribution in [3.8, 4) is 17.2 Å². The molecule has 7 aliphatic rings. The maximum Gasteiger partial charge on any atom is 0.417 e. The Morgan fingerprint density at radius 1 is 1.09 bits per heavy atom. The molecule has 0 aromatic heterocycles. The summed E-state index contributed by atoms with van der Waals surface area (Å²) < 4.78 is 18.7. The third kappa shape index (κ3) is 4.12. The van der Waals surface area contributed by atoms with Crippen LogP contribution in [0.2, 0.25) is 0 Å². The molecule has 8 nitrogen and oxygen atoms in total. The van der Waals surface area contributed by atoms with Gasteiger partial charge in [0.05, 0.1) is 18.3 Å². The number of rotatable bonds is 7. The lowest BCUT2D eigenvalue weighted by atomic mass is 9.31. The number of carbonyl (C=O) groups excluding carboxylic acids is 2. The summed E-state index contributed by atoms with van der Waals surface area (Å²) in [5, 5.41) is 15.3. The predicted octanol–water partition coefficient (Wildman–Crippen LogP) is 7.15. The molecule has 4 bridgehead atoms. The highest BCUT2D eigenvalue weighted by Crippen LogP contribution is 2.79. The van der Waals surface area contributed by atoms with E-state index in [-0.39, 0.29) is 39.5 Å². The van der Waals surface area contributed by atoms with Crippen LogP contribution >= 0.6 is 0 Å². The van der Waals surface area contributed by atoms with E-state index >= 15 is 0 Å². The number of ether oxygens (including phenoxy) is 3. The Balaban J connectivity index is 1.19. The van der Waals surface area contributed by atoms with Crippen molar-refractivity contribution in [1.82, 2.24) is 4.90 Å². The van der Waals surface area contributed by atoms with Crippen molar-refractivity contribution in [2.24, 2.45) is 28.1 Å². The molecule has 1 saturated heterocycles. The molecule has 252 valence electrons. The summed E-state index contributed by atoms with van der Waals surface area (Å²) in [5.74, 6) is 2.32. The van der Waals surface area contributed by atoms with E-state index in [4.69, 9.17) is 14.2 Å². The average molecular weight is 643 g/mol. The summed E-state index contributed by atoms with van der Waals surface area (Å²) in [6, 6.07) is 9.45. The van der Waals surface area contributed by atoms with Crippen LogP contribution in [-0.4, -0.2) is 59.8 Å². The van der Waals surface area contributed by atoms with Gasteiger partial charge in [0.25, 0.3) is 0 Å². The first-order chi connectivity index (χ1) is 22.2. The highest BCUT2D eigenvalue weighted by atomic mass is 16.6. The number of carbonyl (C=O) groups is 2. The fourth-order valence-corrected chi connectivity index (χ4v) is 11.1. The molecule has 8 heteroatoms. The van der Waals surface area contributed by atoms with E-state index in [2.05, 4.69) is 50.9 Å². The number of hydrogen-bond acceptors (Lipinski definition) is 7. The zero-order valence-electron chi connectivity index (χ0n) is 29.0. The molecular formula is C39H50N2O6. The van der Waals surface area contributed by atoms with Crippen LogP contribution in [0.15, 0.2) is 30.3 Å². The van der Waals surface area contributed by atoms with Crippen LogP contribution in [0.5, 0.6) is 17.2 Å². The smallest absolute Gasteiger partial charge is 0.417 e. The number of piperidine rings is 1. The number of amides is 1. The van der Waals surface area contributed by atoms with E-state index in [1.807, 2.05) is 6.07 Å². The number of nitrogens with one attached hydrogen (secondary N) is 1. The highest BCUT2D eigenvalue weighted by Gasteiger charge is 2.80. The molecule has 2 N–H and O–H groups in total. The fourth-order valence-electron chi connectivity index (χ4n) is 11.1. The Morgan fingerprint density at radius 3 is 2.53 bits per heavy atom. The summed E-state index contributed by atoms with van der Waals surface area (Å²) in [4.78, 5) is 28.2. The molecule has 2 aromatic rings. The van der Waals surface area contributed by atoms with Gasteiger partial charge in [0.2, 0.25) is 0 Å². The molecule has 7 atom stereocenters. The minimum atomic E-state index is -0.886. The van der Waals surface area contributed by atoms with E-state index in [9.17, 15) is 14.7 Å². The second-order valence-corrected chi connectivity index (χ2v) is 17.1. The van der Waals surface area contributed by atoms with E-state index in [1.54, 1.807) is 18.2 Å². The molecule has 9 rings (SSSR count). The second-order valence-electron chi connectivity index (χ2n) is 17.1. The molecule has 2 aliphatic heterocycles. The van der Waals surface area contributed by atoms with Crippen molar-refractivity contribution >= 4 is 17.6 Å². The van der Waals surface area contributed by atoms with Gasteiger partial charge in [-0.25, -0.2) is 4.79 Å². The van der Waals surface area contributed by atoms with Gasteiger partial charge >= 0.3 is 6.09 Å². The first-order valence-corrected chi connectivity index (χ1v) is 17.6. The van der Waals surface area contributed by atoms with Crippen molar-refractivity contribution in [2.75, 3.05) is 25.5 Å². The number of hydrogen-bond donors (Lipinski definition) is 2. The molecule has 47 heavy (non-hydrogen) atoms. The molecule has 2 aromatic carbocycles. The van der Waals surface area contributed by atoms with Gasteiger partial charge in [-0.15, -0.1) is 0 Å². The largest absolute Gasteiger partial charge is 0.496 e. The summed E-state index contributed by atoms with van der Waals surface area (Å²) in [6.07, 6.45) is 7.07. The Hall–Kier alpha value is -3.10. The second kappa shape index (κ2) is 9.97. The quantitative estimate of drug-likeness (QED) is 0.310. The maximum absolute atomic E-state index is 13.4. The normalized spacial score (nSPS) is 34.6. The lowest BCUT2D eigenvalue weighted by Crippen LogP contribution is -2.80. The Labute approximate surface area is 278 Å². The molecule has 2 spiro atoms. The summed E-state index contributed by atoms with van der Waals surface area (Å²) in [7, 11) is 1.50. The number of anilines is 1. The van der Waals surface area contributed by atoms with E-state index in [1.165, 1.54) is 44.5 Å². The minimum absolute atomic E-state index is 0.0172. The Morgan fingerprint density at radius 2 is 1.85 bits per heavy atom. The first kappa shape index (κ1) is 31.2. The van der Waals surface area contributed by atoms with E-state index in [0.717, 1.165) is 50.3 Å². The molecule has 4 saturated carbocycles. The van der Waals surface area contributed by atoms with Gasteiger partial charge < -0.3 is 19.3 Å². The SMILES string of the molecule is COc1cc(NC(=O)Oc2ccc3c4c2O[C@H]2[C@]5(C)CC[C@@]6(C[C@@H]5C(C)(O)C(C)(C)C)[C@@H](C3)N(CC3CC3)CC[C@]426)ccc1C(C)=O. The van der Waals surface area contributed by atoms with Crippen LogP contribution < -0.4 is 19.5 Å². The zero-order chi connectivity index (χ0) is 33.3. The number of benzene rings is 2. The number of Topliss-reactive ketones (excluding diaryl/α,β-unsaturated/α-hetero) is 1. The molecule has 5 fully saturated rings. The third-order valence-electron chi connectivity index (χ3n) is 14.0. The summed E-state index contributed by atoms with van der Waals surface area (Å²) >= 11 is 0. The van der Waals surface area contributed by atoms with Gasteiger partial charge in [0.1, 0.15) is 11.9 Å². The number of nitrogens with zero attached hydrogens (tertiary/aromatic N) is 1. The number of likely N-dealkylation sites (tertiary alicyclic amines) is 1. The molecule has 5 aliphatic carbocycles. The predicted molar refractivity (Wildman–Crippen MR) is 180 cm³/mol. The third-order valence-corrected chi connectivity index (χ3v) is 14.0. The van der Waals surface area contributed by atoms with Crippen LogP contribution in [0, 0.1) is 28.1 Å². The average Bonchev–Trinajstić information content (AvgIpc) is 3.75. The fraction of sp³-hybridized carbons (Fsp3) is 0.641. The highest BCUT2D eigenvalue weighted by molar-refractivity contribution is 5.98. The molecule has 0 radical (unpaired) electrons. The van der Waals surface area contributed by atoms with Crippen molar-refractivity contribution < 1.29 is 28.9 Å². The lowest BCUT2D eigenvalue weighted by molar-refractivity contribution is -0.276. The topological polar surface area (TPSA) is 97.3 Å². The minimum Gasteiger partial charge on any atom is -0.496 e. The van der Waals surface area contributed by atoms with E-state index in [0.29, 0.717) is 28.8 Å². The molecule has 1 amide bonds. The first-order valence-electron chi connectivity index (χ1n) is 17.6. The van der Waals surface area contributed by atoms with Gasteiger partial charge in [-0.2, -0.15) is 0 Å². The van der Waals surface area contributed by atoms with Crippen LogP contribution in [0.1, 0.15) is 102 Å². The monoisotopic (exact) mass is 642 g/mol. The molecular weight excluding hydrogens is 592 g/mol. The van der Waals surface area contributed by atoms with Crippen LogP contribution in [0.3, 0.4) is 0 Å². The van der Waals surface area contributed by atoms with Gasteiger partial charge in [-0.3, -0.25) is 15.0 Å². The summed E-state index contributed by atoms with van der Waals surface area (Å²) in [6.45, 7) is 14.7. The van der Waals surface area contributed by atoms with Crippen molar-refractivity contribution in [3.63, 3.8) is 0 Å². The molecule has 2 heterocycles. The van der Waals surface area contributed by atoms with Crippen molar-refractivity contribution in [2.45, 2.75) is 110 Å². The van der Waals surface area contributed by atoms with E-state index < -0.39 is 11.7 Å². The van der Waals surface area contributed by atoms with Crippen LogP contribution in [0.25, 0.3) is 0 Å². The maximum atomic E-state index is 13.4. The van der Waals surface area contributed by atoms with Gasteiger partial charge in [-0.1, -0.05) is 33.8 Å². The number of fused-ring (bicyclic) bond motifs is 2. The Kier molecular flexibility index (Phi) is 6.62. The van der Waals surface area contributed by atoms with Crippen molar-refractivity contribution in [3.05, 3.63) is 47.0 Å². The van der Waals surface area contributed by atoms with Crippen molar-refractivity contribution in [1.29, 1.82) is 0 Å². The number of methoxy groups -OCH3 is 1. The Bertz CT molecular complexity index is 1670. The zero-order valence-corrected chi connectivity index (χ0v) is 29.0. The molecule has 1 unspecified atom stereocenters.